The highest BCUT2D eigenvalue weighted by atomic mass is 35.5. The maximum absolute atomic E-state index is 12.0. The number of likely N-dealkylation sites (N-methyl/N-ethyl adjacent to an activating group) is 1. The van der Waals surface area contributed by atoms with Gasteiger partial charge in [0.2, 0.25) is 5.91 Å². The van der Waals surface area contributed by atoms with E-state index in [0.29, 0.717) is 5.25 Å². The number of rotatable bonds is 4. The molecular weight excluding hydrogens is 292 g/mol. The first-order chi connectivity index (χ1) is 9.69. The fourth-order valence-electron chi connectivity index (χ4n) is 2.94. The molecule has 1 aromatic carbocycles. The van der Waals surface area contributed by atoms with Crippen molar-refractivity contribution in [2.45, 2.75) is 48.8 Å². The first-order valence-electron chi connectivity index (χ1n) is 7.23. The highest BCUT2D eigenvalue weighted by Crippen LogP contribution is 2.42. The molecular formula is C15H19ClN2OS. The van der Waals surface area contributed by atoms with Gasteiger partial charge in [-0.2, -0.15) is 0 Å². The van der Waals surface area contributed by atoms with E-state index in [0.717, 1.165) is 27.7 Å². The van der Waals surface area contributed by atoms with Gasteiger partial charge in [0.1, 0.15) is 6.04 Å². The van der Waals surface area contributed by atoms with Gasteiger partial charge in [0, 0.05) is 21.4 Å². The second-order valence-electron chi connectivity index (χ2n) is 5.37. The molecule has 2 aliphatic rings. The molecule has 0 spiro atoms. The number of hydrogen-bond donors (Lipinski definition) is 2. The molecule has 3 rings (SSSR count). The highest BCUT2D eigenvalue weighted by Gasteiger charge is 2.31. The Labute approximate surface area is 128 Å². The quantitative estimate of drug-likeness (QED) is 0.884. The average molecular weight is 311 g/mol. The lowest BCUT2D eigenvalue weighted by molar-refractivity contribution is -0.117. The number of hydrogen-bond acceptors (Lipinski definition) is 3. The van der Waals surface area contributed by atoms with Crippen LogP contribution in [0.3, 0.4) is 0 Å². The van der Waals surface area contributed by atoms with E-state index in [1.54, 1.807) is 0 Å². The van der Waals surface area contributed by atoms with Crippen molar-refractivity contribution in [2.24, 2.45) is 0 Å². The number of anilines is 1. The molecule has 1 heterocycles. The largest absolute Gasteiger partial charge is 0.324 e. The molecule has 0 aromatic heterocycles. The monoisotopic (exact) mass is 310 g/mol. The number of fused-ring (bicyclic) bond motifs is 1. The Hall–Kier alpha value is -0.710. The van der Waals surface area contributed by atoms with Crippen LogP contribution in [0, 0.1) is 0 Å². The van der Waals surface area contributed by atoms with Crippen LogP contribution in [0.4, 0.5) is 5.69 Å². The van der Waals surface area contributed by atoms with E-state index in [1.165, 1.54) is 25.7 Å². The van der Waals surface area contributed by atoms with E-state index in [9.17, 15) is 4.79 Å². The molecule has 1 aliphatic heterocycles. The SMILES string of the molecule is CCNC1C(=O)Nc2cc(SC3CCCC3)c(Cl)cc21. The Morgan fingerprint density at radius 3 is 2.85 bits per heavy atom. The van der Waals surface area contributed by atoms with E-state index in [1.807, 2.05) is 30.8 Å². The summed E-state index contributed by atoms with van der Waals surface area (Å²) < 4.78 is 0. The third-order valence-corrected chi connectivity index (χ3v) is 5.76. The van der Waals surface area contributed by atoms with Crippen LogP contribution in [0.5, 0.6) is 0 Å². The van der Waals surface area contributed by atoms with Crippen LogP contribution in [0.1, 0.15) is 44.2 Å². The fourth-order valence-corrected chi connectivity index (χ4v) is 4.54. The summed E-state index contributed by atoms with van der Waals surface area (Å²) >= 11 is 8.27. The molecule has 1 atom stereocenters. The van der Waals surface area contributed by atoms with Gasteiger partial charge >= 0.3 is 0 Å². The van der Waals surface area contributed by atoms with Gasteiger partial charge < -0.3 is 10.6 Å². The van der Waals surface area contributed by atoms with Crippen LogP contribution in [-0.2, 0) is 4.79 Å². The molecule has 1 fully saturated rings. The van der Waals surface area contributed by atoms with Crippen molar-refractivity contribution in [1.29, 1.82) is 0 Å². The molecule has 1 unspecified atom stereocenters. The van der Waals surface area contributed by atoms with Crippen molar-refractivity contribution >= 4 is 35.0 Å². The number of amides is 1. The molecule has 0 radical (unpaired) electrons. The lowest BCUT2D eigenvalue weighted by Crippen LogP contribution is -2.27. The second-order valence-corrected chi connectivity index (χ2v) is 7.12. The predicted octanol–water partition coefficient (Wildman–Crippen LogP) is 3.98. The minimum Gasteiger partial charge on any atom is -0.324 e. The number of nitrogens with one attached hydrogen (secondary N) is 2. The van der Waals surface area contributed by atoms with Crippen molar-refractivity contribution < 1.29 is 4.79 Å². The molecule has 2 N–H and O–H groups in total. The molecule has 3 nitrogen and oxygen atoms in total. The van der Waals surface area contributed by atoms with Crippen LogP contribution < -0.4 is 10.6 Å². The maximum atomic E-state index is 12.0. The van der Waals surface area contributed by atoms with Gasteiger partial charge in [-0.05, 0) is 31.5 Å². The van der Waals surface area contributed by atoms with Gasteiger partial charge in [-0.25, -0.2) is 0 Å². The Morgan fingerprint density at radius 2 is 2.15 bits per heavy atom. The van der Waals surface area contributed by atoms with E-state index >= 15 is 0 Å². The lowest BCUT2D eigenvalue weighted by atomic mass is 10.1. The first kappa shape index (κ1) is 14.2. The van der Waals surface area contributed by atoms with Crippen molar-refractivity contribution in [1.82, 2.24) is 5.32 Å². The molecule has 1 amide bonds. The summed E-state index contributed by atoms with van der Waals surface area (Å²) in [5, 5.41) is 7.58. The normalized spacial score (nSPS) is 22.1. The fraction of sp³-hybridized carbons (Fsp3) is 0.533. The predicted molar refractivity (Wildman–Crippen MR) is 84.6 cm³/mol. The summed E-state index contributed by atoms with van der Waals surface area (Å²) in [7, 11) is 0. The molecule has 1 aromatic rings. The van der Waals surface area contributed by atoms with Crippen LogP contribution in [0.25, 0.3) is 0 Å². The summed E-state index contributed by atoms with van der Waals surface area (Å²) in [6.07, 6.45) is 5.17. The molecule has 1 aliphatic carbocycles. The summed E-state index contributed by atoms with van der Waals surface area (Å²) in [5.74, 6) is 0.0148. The Morgan fingerprint density at radius 1 is 1.40 bits per heavy atom. The summed E-state index contributed by atoms with van der Waals surface area (Å²) in [6.45, 7) is 2.75. The summed E-state index contributed by atoms with van der Waals surface area (Å²) in [5.41, 5.74) is 1.88. The molecule has 0 saturated heterocycles. The number of benzene rings is 1. The zero-order valence-electron chi connectivity index (χ0n) is 11.5. The van der Waals surface area contributed by atoms with Gasteiger partial charge in [0.15, 0.2) is 0 Å². The second kappa shape index (κ2) is 5.96. The van der Waals surface area contributed by atoms with E-state index in [2.05, 4.69) is 10.6 Å². The third kappa shape index (κ3) is 2.69. The number of thioether (sulfide) groups is 1. The maximum Gasteiger partial charge on any atom is 0.246 e. The number of carbonyl (C=O) groups excluding carboxylic acids is 1. The van der Waals surface area contributed by atoms with Crippen LogP contribution in [0.15, 0.2) is 17.0 Å². The minimum atomic E-state index is -0.266. The van der Waals surface area contributed by atoms with Gasteiger partial charge in [-0.15, -0.1) is 11.8 Å². The Kier molecular flexibility index (Phi) is 4.24. The van der Waals surface area contributed by atoms with Crippen molar-refractivity contribution in [3.8, 4) is 0 Å². The molecule has 5 heteroatoms. The van der Waals surface area contributed by atoms with Gasteiger partial charge in [0.25, 0.3) is 0 Å². The molecule has 20 heavy (non-hydrogen) atoms. The summed E-state index contributed by atoms with van der Waals surface area (Å²) in [6, 6.07) is 3.72. The molecule has 108 valence electrons. The molecule has 0 bridgehead atoms. The van der Waals surface area contributed by atoms with Crippen molar-refractivity contribution in [3.63, 3.8) is 0 Å². The van der Waals surface area contributed by atoms with E-state index < -0.39 is 0 Å². The topological polar surface area (TPSA) is 41.1 Å². The molecule has 1 saturated carbocycles. The zero-order valence-corrected chi connectivity index (χ0v) is 13.1. The van der Waals surface area contributed by atoms with E-state index in [-0.39, 0.29) is 11.9 Å². The van der Waals surface area contributed by atoms with E-state index in [4.69, 9.17) is 11.6 Å². The Bertz CT molecular complexity index is 529. The Balaban J connectivity index is 1.85. The summed E-state index contributed by atoms with van der Waals surface area (Å²) in [4.78, 5) is 13.1. The standard InChI is InChI=1S/C15H19ClN2OS/c1-2-17-14-10-7-11(16)13(8-12(10)18-15(14)19)20-9-5-3-4-6-9/h7-9,14,17H,2-6H2,1H3,(H,18,19). The van der Waals surface area contributed by atoms with Crippen LogP contribution >= 0.6 is 23.4 Å². The minimum absolute atomic E-state index is 0.0148. The van der Waals surface area contributed by atoms with Crippen LogP contribution in [-0.4, -0.2) is 17.7 Å². The first-order valence-corrected chi connectivity index (χ1v) is 8.49. The zero-order chi connectivity index (χ0) is 14.1. The van der Waals surface area contributed by atoms with Crippen molar-refractivity contribution in [3.05, 3.63) is 22.7 Å². The number of halogens is 1. The van der Waals surface area contributed by atoms with Gasteiger partial charge in [-0.1, -0.05) is 31.4 Å². The third-order valence-electron chi connectivity index (χ3n) is 3.94. The van der Waals surface area contributed by atoms with Crippen LogP contribution in [0.2, 0.25) is 5.02 Å². The number of carbonyl (C=O) groups is 1. The highest BCUT2D eigenvalue weighted by molar-refractivity contribution is 8.00. The lowest BCUT2D eigenvalue weighted by Gasteiger charge is -2.13. The smallest absolute Gasteiger partial charge is 0.246 e. The average Bonchev–Trinajstić information content (AvgIpc) is 3.01. The van der Waals surface area contributed by atoms with Crippen molar-refractivity contribution in [2.75, 3.05) is 11.9 Å². The van der Waals surface area contributed by atoms with Gasteiger partial charge in [-0.3, -0.25) is 4.79 Å². The van der Waals surface area contributed by atoms with Gasteiger partial charge in [0.05, 0.1) is 5.02 Å².